The first-order valence-electron chi connectivity index (χ1n) is 11.6. The van der Waals surface area contributed by atoms with Gasteiger partial charge < -0.3 is 15.0 Å². The van der Waals surface area contributed by atoms with E-state index in [0.29, 0.717) is 31.0 Å². The van der Waals surface area contributed by atoms with Gasteiger partial charge in [0, 0.05) is 43.2 Å². The van der Waals surface area contributed by atoms with Crippen molar-refractivity contribution in [3.05, 3.63) is 66.8 Å². The summed E-state index contributed by atoms with van der Waals surface area (Å²) >= 11 is 0. The molecule has 3 aromatic rings. The van der Waals surface area contributed by atoms with Gasteiger partial charge in [0.15, 0.2) is 0 Å². The van der Waals surface area contributed by atoms with Crippen LogP contribution in [0.4, 0.5) is 11.4 Å². The van der Waals surface area contributed by atoms with E-state index >= 15 is 0 Å². The van der Waals surface area contributed by atoms with Gasteiger partial charge in [0.1, 0.15) is 5.75 Å². The molecule has 2 aliphatic rings. The molecule has 1 atom stereocenters. The van der Waals surface area contributed by atoms with E-state index in [1.54, 1.807) is 11.4 Å². The number of nitrogens with two attached hydrogens (primary N) is 1. The lowest BCUT2D eigenvalue weighted by Gasteiger charge is -2.23. The summed E-state index contributed by atoms with van der Waals surface area (Å²) in [6.45, 7) is 4.29. The zero-order valence-corrected chi connectivity index (χ0v) is 20.3. The van der Waals surface area contributed by atoms with Gasteiger partial charge in [-0.25, -0.2) is 0 Å². The van der Waals surface area contributed by atoms with Crippen LogP contribution in [0.15, 0.2) is 66.8 Å². The Balaban J connectivity index is 1.43. The summed E-state index contributed by atoms with van der Waals surface area (Å²) in [5.74, 6) is 1.00. The van der Waals surface area contributed by atoms with Crippen molar-refractivity contribution in [1.29, 1.82) is 0 Å². The standard InChI is InChI=1S/C26H30N4O3S/c1-3-29-24-17-22(33-2)13-14-23(24)25(27)26(29)20-9-11-21(12-10-20)30-16-15-28(34(30,31)32)18-19-7-5-4-6-8-19/h4-7,9-14,17,19H,3,8,15-16,18,27H2,1-2H3. The van der Waals surface area contributed by atoms with Gasteiger partial charge in [0.25, 0.3) is 0 Å². The highest BCUT2D eigenvalue weighted by atomic mass is 32.2. The summed E-state index contributed by atoms with van der Waals surface area (Å²) in [4.78, 5) is 0. The van der Waals surface area contributed by atoms with Gasteiger partial charge in [-0.15, -0.1) is 0 Å². The molecule has 7 nitrogen and oxygen atoms in total. The molecule has 178 valence electrons. The van der Waals surface area contributed by atoms with Crippen LogP contribution in [0.3, 0.4) is 0 Å². The van der Waals surface area contributed by atoms with E-state index in [-0.39, 0.29) is 5.92 Å². The quantitative estimate of drug-likeness (QED) is 0.569. The van der Waals surface area contributed by atoms with Crippen molar-refractivity contribution in [3.63, 3.8) is 0 Å². The van der Waals surface area contributed by atoms with Crippen LogP contribution in [0.1, 0.15) is 13.3 Å². The average molecular weight is 479 g/mol. The van der Waals surface area contributed by atoms with E-state index in [2.05, 4.69) is 23.6 Å². The fraction of sp³-hybridized carbons (Fsp3) is 0.308. The van der Waals surface area contributed by atoms with Crippen molar-refractivity contribution in [1.82, 2.24) is 8.87 Å². The lowest BCUT2D eigenvalue weighted by Crippen LogP contribution is -2.35. The minimum Gasteiger partial charge on any atom is -0.497 e. The van der Waals surface area contributed by atoms with E-state index in [1.807, 2.05) is 54.6 Å². The van der Waals surface area contributed by atoms with E-state index in [1.165, 1.54) is 4.31 Å². The van der Waals surface area contributed by atoms with Gasteiger partial charge in [-0.2, -0.15) is 12.7 Å². The Kier molecular flexibility index (Phi) is 5.87. The number of aromatic nitrogens is 1. The fourth-order valence-corrected chi connectivity index (χ4v) is 6.63. The highest BCUT2D eigenvalue weighted by molar-refractivity contribution is 7.90. The zero-order valence-electron chi connectivity index (χ0n) is 19.5. The predicted molar refractivity (Wildman–Crippen MR) is 138 cm³/mol. The molecule has 1 aliphatic carbocycles. The van der Waals surface area contributed by atoms with Gasteiger partial charge in [-0.1, -0.05) is 36.4 Å². The van der Waals surface area contributed by atoms with Gasteiger partial charge >= 0.3 is 10.2 Å². The molecular formula is C26H30N4O3S. The van der Waals surface area contributed by atoms with Crippen molar-refractivity contribution in [3.8, 4) is 17.0 Å². The maximum Gasteiger partial charge on any atom is 0.304 e. The maximum atomic E-state index is 13.2. The number of ether oxygens (including phenoxy) is 1. The van der Waals surface area contributed by atoms with Crippen molar-refractivity contribution in [2.24, 2.45) is 5.92 Å². The molecule has 0 spiro atoms. The molecule has 1 fully saturated rings. The number of anilines is 2. The van der Waals surface area contributed by atoms with E-state index < -0.39 is 10.2 Å². The van der Waals surface area contributed by atoms with Gasteiger partial charge in [0.05, 0.1) is 29.7 Å². The van der Waals surface area contributed by atoms with Crippen molar-refractivity contribution in [2.75, 3.05) is 36.8 Å². The van der Waals surface area contributed by atoms with Crippen LogP contribution in [0.2, 0.25) is 0 Å². The minimum absolute atomic E-state index is 0.222. The topological polar surface area (TPSA) is 80.8 Å². The third-order valence-corrected chi connectivity index (χ3v) is 8.66. The number of fused-ring (bicyclic) bond motifs is 1. The van der Waals surface area contributed by atoms with E-state index in [0.717, 1.165) is 40.9 Å². The Morgan fingerprint density at radius 3 is 2.56 bits per heavy atom. The SMILES string of the molecule is CCn1c(-c2ccc(N3CCN(CC4C=CC=CC4)S3(=O)=O)cc2)c(N)c2ccc(OC)cc21. The highest BCUT2D eigenvalue weighted by Gasteiger charge is 2.37. The lowest BCUT2D eigenvalue weighted by atomic mass is 10.0. The number of nitrogen functional groups attached to an aromatic ring is 1. The molecule has 1 aliphatic heterocycles. The van der Waals surface area contributed by atoms with E-state index in [4.69, 9.17) is 10.5 Å². The van der Waals surface area contributed by atoms with Crippen LogP contribution in [0.5, 0.6) is 5.75 Å². The Bertz CT molecular complexity index is 1370. The molecule has 8 heteroatoms. The molecule has 1 saturated heterocycles. The fourth-order valence-electron chi connectivity index (χ4n) is 4.96. The second kappa shape index (κ2) is 8.85. The van der Waals surface area contributed by atoms with Crippen LogP contribution in [-0.4, -0.2) is 44.0 Å². The summed E-state index contributed by atoms with van der Waals surface area (Å²) in [6.07, 6.45) is 9.03. The number of nitrogens with zero attached hydrogens (tertiary/aromatic N) is 3. The van der Waals surface area contributed by atoms with Crippen LogP contribution in [-0.2, 0) is 16.8 Å². The maximum absolute atomic E-state index is 13.2. The minimum atomic E-state index is -3.54. The largest absolute Gasteiger partial charge is 0.497 e. The lowest BCUT2D eigenvalue weighted by molar-refractivity contribution is 0.402. The Morgan fingerprint density at radius 2 is 1.88 bits per heavy atom. The summed E-state index contributed by atoms with van der Waals surface area (Å²) < 4.78 is 37.1. The number of aryl methyl sites for hydroxylation is 1. The van der Waals surface area contributed by atoms with Crippen LogP contribution < -0.4 is 14.8 Å². The van der Waals surface area contributed by atoms with Crippen molar-refractivity contribution >= 4 is 32.5 Å². The number of methoxy groups -OCH3 is 1. The van der Waals surface area contributed by atoms with Crippen molar-refractivity contribution < 1.29 is 13.2 Å². The number of rotatable bonds is 6. The Hall–Kier alpha value is -3.23. The first-order valence-corrected chi connectivity index (χ1v) is 13.0. The van der Waals surface area contributed by atoms with Crippen LogP contribution >= 0.6 is 0 Å². The molecule has 1 unspecified atom stereocenters. The third kappa shape index (κ3) is 3.76. The van der Waals surface area contributed by atoms with Gasteiger partial charge in [0.2, 0.25) is 0 Å². The Morgan fingerprint density at radius 1 is 1.09 bits per heavy atom. The smallest absolute Gasteiger partial charge is 0.304 e. The molecule has 2 heterocycles. The molecule has 0 radical (unpaired) electrons. The summed E-state index contributed by atoms with van der Waals surface area (Å²) in [5.41, 5.74) is 10.8. The predicted octanol–water partition coefficient (Wildman–Crippen LogP) is 4.42. The number of hydrogen-bond donors (Lipinski definition) is 1. The first-order chi connectivity index (χ1) is 16.4. The highest BCUT2D eigenvalue weighted by Crippen LogP contribution is 2.38. The second-order valence-electron chi connectivity index (χ2n) is 8.68. The number of allylic oxidation sites excluding steroid dienone is 3. The molecule has 5 rings (SSSR count). The summed E-state index contributed by atoms with van der Waals surface area (Å²) in [7, 11) is -1.89. The first kappa shape index (κ1) is 22.6. The van der Waals surface area contributed by atoms with Gasteiger partial charge in [-0.3, -0.25) is 4.31 Å². The Labute approximate surface area is 200 Å². The summed E-state index contributed by atoms with van der Waals surface area (Å²) in [5, 5.41) is 0.978. The molecule has 34 heavy (non-hydrogen) atoms. The van der Waals surface area contributed by atoms with Crippen LogP contribution in [0.25, 0.3) is 22.2 Å². The monoisotopic (exact) mass is 478 g/mol. The number of hydrogen-bond acceptors (Lipinski definition) is 4. The summed E-state index contributed by atoms with van der Waals surface area (Å²) in [6, 6.07) is 13.5. The zero-order chi connectivity index (χ0) is 23.9. The van der Waals surface area contributed by atoms with Crippen molar-refractivity contribution in [2.45, 2.75) is 19.9 Å². The molecular weight excluding hydrogens is 448 g/mol. The second-order valence-corrected chi connectivity index (χ2v) is 10.5. The molecule has 2 aromatic carbocycles. The molecule has 0 saturated carbocycles. The number of benzene rings is 2. The molecule has 1 aromatic heterocycles. The van der Waals surface area contributed by atoms with Gasteiger partial charge in [-0.05, 0) is 43.5 Å². The normalized spacial score (nSPS) is 19.8. The average Bonchev–Trinajstić information content (AvgIpc) is 3.31. The third-order valence-electron chi connectivity index (χ3n) is 6.72. The van der Waals surface area contributed by atoms with E-state index in [9.17, 15) is 8.42 Å². The molecule has 2 N–H and O–H groups in total. The van der Waals surface area contributed by atoms with Crippen LogP contribution in [0, 0.1) is 5.92 Å². The molecule has 0 amide bonds. The molecule has 0 bridgehead atoms.